The second kappa shape index (κ2) is 6.79. The largest absolute Gasteiger partial charge is 0.490 e. The summed E-state index contributed by atoms with van der Waals surface area (Å²) in [7, 11) is 0. The zero-order chi connectivity index (χ0) is 15.4. The van der Waals surface area contributed by atoms with E-state index in [1.54, 1.807) is 6.08 Å². The summed E-state index contributed by atoms with van der Waals surface area (Å²) < 4.78 is 6.25. The first kappa shape index (κ1) is 15.6. The Morgan fingerprint density at radius 2 is 1.90 bits per heavy atom. The van der Waals surface area contributed by atoms with E-state index < -0.39 is 5.97 Å². The number of aryl methyl sites for hydroxylation is 1. The molecule has 1 fully saturated rings. The maximum Gasteiger partial charge on any atom is 0.328 e. The molecule has 0 amide bonds. The monoisotopic (exact) mass is 288 g/mol. The molecule has 0 bridgehead atoms. The molecule has 0 saturated heterocycles. The quantitative estimate of drug-likeness (QED) is 0.840. The lowest BCUT2D eigenvalue weighted by Crippen LogP contribution is -2.28. The van der Waals surface area contributed by atoms with E-state index in [1.165, 1.54) is 6.42 Å². The molecule has 0 heterocycles. The van der Waals surface area contributed by atoms with Gasteiger partial charge in [0.05, 0.1) is 6.10 Å². The molecule has 2 unspecified atom stereocenters. The Labute approximate surface area is 126 Å². The predicted molar refractivity (Wildman–Crippen MR) is 84.4 cm³/mol. The third-order valence-electron chi connectivity index (χ3n) is 4.07. The Morgan fingerprint density at radius 1 is 1.24 bits per heavy atom. The van der Waals surface area contributed by atoms with Crippen molar-refractivity contribution in [3.8, 4) is 5.75 Å². The van der Waals surface area contributed by atoms with E-state index in [4.69, 9.17) is 9.84 Å². The van der Waals surface area contributed by atoms with E-state index in [0.29, 0.717) is 11.8 Å². The topological polar surface area (TPSA) is 46.5 Å². The third-order valence-corrected chi connectivity index (χ3v) is 4.07. The highest BCUT2D eigenvalue weighted by atomic mass is 16.5. The van der Waals surface area contributed by atoms with Crippen molar-refractivity contribution in [3.63, 3.8) is 0 Å². The zero-order valence-electron chi connectivity index (χ0n) is 13.0. The van der Waals surface area contributed by atoms with Gasteiger partial charge < -0.3 is 9.84 Å². The molecule has 0 radical (unpaired) electrons. The molecule has 1 aromatic rings. The number of para-hydroxylation sites is 1. The average Bonchev–Trinajstić information content (AvgIpc) is 2.38. The maximum atomic E-state index is 10.7. The molecule has 1 N–H and O–H groups in total. The maximum absolute atomic E-state index is 10.7. The summed E-state index contributed by atoms with van der Waals surface area (Å²) in [5.74, 6) is 1.24. The van der Waals surface area contributed by atoms with E-state index in [9.17, 15) is 4.79 Å². The molecule has 21 heavy (non-hydrogen) atoms. The fourth-order valence-corrected chi connectivity index (χ4v) is 3.26. The van der Waals surface area contributed by atoms with Crippen LogP contribution in [0.1, 0.15) is 44.2 Å². The Balaban J connectivity index is 2.20. The van der Waals surface area contributed by atoms with Gasteiger partial charge in [-0.25, -0.2) is 4.79 Å². The van der Waals surface area contributed by atoms with Crippen molar-refractivity contribution in [2.24, 2.45) is 11.8 Å². The molecule has 0 aromatic heterocycles. The van der Waals surface area contributed by atoms with E-state index in [-0.39, 0.29) is 6.10 Å². The number of carbonyl (C=O) groups is 1. The van der Waals surface area contributed by atoms with Crippen LogP contribution in [0.15, 0.2) is 24.3 Å². The second-order valence-corrected chi connectivity index (χ2v) is 6.32. The van der Waals surface area contributed by atoms with Crippen LogP contribution in [-0.4, -0.2) is 17.2 Å². The van der Waals surface area contributed by atoms with Crippen molar-refractivity contribution >= 4 is 12.0 Å². The van der Waals surface area contributed by atoms with Crippen LogP contribution >= 0.6 is 0 Å². The van der Waals surface area contributed by atoms with Gasteiger partial charge in [-0.3, -0.25) is 0 Å². The first-order valence-corrected chi connectivity index (χ1v) is 7.63. The molecule has 1 aliphatic rings. The Kier molecular flexibility index (Phi) is 5.05. The van der Waals surface area contributed by atoms with Crippen molar-refractivity contribution in [1.29, 1.82) is 0 Å². The van der Waals surface area contributed by atoms with Crippen LogP contribution in [0.25, 0.3) is 6.08 Å². The van der Waals surface area contributed by atoms with Gasteiger partial charge in [0.15, 0.2) is 0 Å². The van der Waals surface area contributed by atoms with E-state index >= 15 is 0 Å². The summed E-state index contributed by atoms with van der Waals surface area (Å²) in [6.07, 6.45) is 6.40. The van der Waals surface area contributed by atoms with Crippen LogP contribution in [0.4, 0.5) is 0 Å². The van der Waals surface area contributed by atoms with Crippen molar-refractivity contribution in [3.05, 3.63) is 35.4 Å². The van der Waals surface area contributed by atoms with Crippen LogP contribution in [-0.2, 0) is 4.79 Å². The first-order chi connectivity index (χ1) is 9.95. The summed E-state index contributed by atoms with van der Waals surface area (Å²) >= 11 is 0. The summed E-state index contributed by atoms with van der Waals surface area (Å²) in [5, 5.41) is 8.80. The fraction of sp³-hybridized carbons (Fsp3) is 0.500. The van der Waals surface area contributed by atoms with Gasteiger partial charge in [-0.15, -0.1) is 0 Å². The lowest BCUT2D eigenvalue weighted by Gasteiger charge is -2.32. The summed E-state index contributed by atoms with van der Waals surface area (Å²) in [6, 6.07) is 5.83. The minimum Gasteiger partial charge on any atom is -0.490 e. The smallest absolute Gasteiger partial charge is 0.328 e. The molecule has 1 aliphatic carbocycles. The molecule has 1 saturated carbocycles. The van der Waals surface area contributed by atoms with Gasteiger partial charge in [-0.05, 0) is 49.7 Å². The number of aliphatic carboxylic acids is 1. The summed E-state index contributed by atoms with van der Waals surface area (Å²) in [4.78, 5) is 10.7. The third kappa shape index (κ3) is 4.35. The van der Waals surface area contributed by atoms with Crippen LogP contribution in [0.2, 0.25) is 0 Å². The van der Waals surface area contributed by atoms with Gasteiger partial charge in [0.25, 0.3) is 0 Å². The summed E-state index contributed by atoms with van der Waals surface area (Å²) in [5.41, 5.74) is 1.89. The number of hydrogen-bond acceptors (Lipinski definition) is 2. The normalized spacial score (nSPS) is 26.0. The van der Waals surface area contributed by atoms with E-state index in [0.717, 1.165) is 35.8 Å². The molecular formula is C18H24O3. The van der Waals surface area contributed by atoms with Crippen LogP contribution in [0.5, 0.6) is 5.75 Å². The van der Waals surface area contributed by atoms with Gasteiger partial charge in [0.2, 0.25) is 0 Å². The van der Waals surface area contributed by atoms with E-state index in [2.05, 4.69) is 13.8 Å². The SMILES string of the molecule is Cc1cccc(/C=C/C(=O)O)c1OC1CC(C)CC(C)C1. The van der Waals surface area contributed by atoms with Crippen LogP contribution < -0.4 is 4.74 Å². The van der Waals surface area contributed by atoms with Crippen molar-refractivity contribution < 1.29 is 14.6 Å². The van der Waals surface area contributed by atoms with Crippen LogP contribution in [0.3, 0.4) is 0 Å². The molecule has 2 atom stereocenters. The van der Waals surface area contributed by atoms with Gasteiger partial charge in [0.1, 0.15) is 5.75 Å². The summed E-state index contributed by atoms with van der Waals surface area (Å²) in [6.45, 7) is 6.55. The molecule has 0 spiro atoms. The standard InChI is InChI=1S/C18H24O3/c1-12-9-13(2)11-16(10-12)21-18-14(3)5-4-6-15(18)7-8-17(19)20/h4-8,12-13,16H,9-11H2,1-3H3,(H,19,20)/b8-7+. The molecule has 0 aliphatic heterocycles. The van der Waals surface area contributed by atoms with Crippen molar-refractivity contribution in [2.75, 3.05) is 0 Å². The van der Waals surface area contributed by atoms with Gasteiger partial charge >= 0.3 is 5.97 Å². The lowest BCUT2D eigenvalue weighted by molar-refractivity contribution is -0.131. The van der Waals surface area contributed by atoms with Gasteiger partial charge in [-0.2, -0.15) is 0 Å². The number of benzene rings is 1. The molecule has 1 aromatic carbocycles. The van der Waals surface area contributed by atoms with Crippen molar-refractivity contribution in [2.45, 2.75) is 46.1 Å². The Hall–Kier alpha value is -1.77. The number of ether oxygens (including phenoxy) is 1. The molecule has 3 heteroatoms. The fourth-order valence-electron chi connectivity index (χ4n) is 3.26. The van der Waals surface area contributed by atoms with Crippen molar-refractivity contribution in [1.82, 2.24) is 0 Å². The number of carboxylic acid groups (broad SMARTS) is 1. The predicted octanol–water partition coefficient (Wildman–Crippen LogP) is 4.30. The highest BCUT2D eigenvalue weighted by Crippen LogP contribution is 2.34. The number of rotatable bonds is 4. The Morgan fingerprint density at radius 3 is 2.52 bits per heavy atom. The van der Waals surface area contributed by atoms with E-state index in [1.807, 2.05) is 25.1 Å². The average molecular weight is 288 g/mol. The zero-order valence-corrected chi connectivity index (χ0v) is 13.0. The number of carboxylic acids is 1. The highest BCUT2D eigenvalue weighted by molar-refractivity contribution is 5.86. The molecule has 3 nitrogen and oxygen atoms in total. The van der Waals surface area contributed by atoms with Gasteiger partial charge in [-0.1, -0.05) is 32.0 Å². The molecular weight excluding hydrogens is 264 g/mol. The lowest BCUT2D eigenvalue weighted by atomic mass is 9.82. The number of hydrogen-bond donors (Lipinski definition) is 1. The molecule has 114 valence electrons. The minimum absolute atomic E-state index is 0.224. The highest BCUT2D eigenvalue weighted by Gasteiger charge is 2.26. The first-order valence-electron chi connectivity index (χ1n) is 7.63. The van der Waals surface area contributed by atoms with Crippen LogP contribution in [0, 0.1) is 18.8 Å². The Bertz CT molecular complexity index is 523. The minimum atomic E-state index is -0.942. The van der Waals surface area contributed by atoms with Gasteiger partial charge in [0, 0.05) is 11.6 Å². The molecule has 2 rings (SSSR count). The second-order valence-electron chi connectivity index (χ2n) is 6.32.